The van der Waals surface area contributed by atoms with E-state index in [-0.39, 0.29) is 0 Å². The molecule has 0 saturated carbocycles. The SMILES string of the molecule is CCN1CCC(CNC(=NC)NC(C)CCCC(C)C)C1. The Hall–Kier alpha value is -0.770. The summed E-state index contributed by atoms with van der Waals surface area (Å²) in [4.78, 5) is 6.88. The maximum Gasteiger partial charge on any atom is 0.191 e. The summed E-state index contributed by atoms with van der Waals surface area (Å²) in [6.45, 7) is 13.8. The van der Waals surface area contributed by atoms with Crippen LogP contribution in [0, 0.1) is 11.8 Å². The summed E-state index contributed by atoms with van der Waals surface area (Å²) in [5.74, 6) is 2.53. The van der Waals surface area contributed by atoms with Crippen molar-refractivity contribution >= 4 is 5.96 Å². The van der Waals surface area contributed by atoms with Gasteiger partial charge in [0.15, 0.2) is 5.96 Å². The lowest BCUT2D eigenvalue weighted by atomic mass is 10.0. The van der Waals surface area contributed by atoms with Crippen molar-refractivity contribution in [2.45, 2.75) is 59.4 Å². The number of likely N-dealkylation sites (tertiary alicyclic amines) is 1. The van der Waals surface area contributed by atoms with E-state index in [9.17, 15) is 0 Å². The topological polar surface area (TPSA) is 39.7 Å². The van der Waals surface area contributed by atoms with Gasteiger partial charge >= 0.3 is 0 Å². The lowest BCUT2D eigenvalue weighted by Gasteiger charge is -2.20. The van der Waals surface area contributed by atoms with Crippen molar-refractivity contribution in [3.8, 4) is 0 Å². The highest BCUT2D eigenvalue weighted by Crippen LogP contribution is 2.14. The normalized spacial score (nSPS) is 21.8. The van der Waals surface area contributed by atoms with Crippen molar-refractivity contribution in [3.63, 3.8) is 0 Å². The molecule has 0 aromatic heterocycles. The van der Waals surface area contributed by atoms with Crippen LogP contribution in [0.5, 0.6) is 0 Å². The third-order valence-electron chi connectivity index (χ3n) is 4.40. The zero-order valence-corrected chi connectivity index (χ0v) is 14.8. The van der Waals surface area contributed by atoms with E-state index in [1.54, 1.807) is 0 Å². The Morgan fingerprint density at radius 3 is 2.62 bits per heavy atom. The maximum atomic E-state index is 4.35. The minimum atomic E-state index is 0.491. The monoisotopic (exact) mass is 296 g/mol. The summed E-state index contributed by atoms with van der Waals surface area (Å²) < 4.78 is 0. The fourth-order valence-corrected chi connectivity index (χ4v) is 2.94. The van der Waals surface area contributed by atoms with E-state index in [0.717, 1.165) is 24.3 Å². The standard InChI is InChI=1S/C17H36N4/c1-6-21-11-10-16(13-21)12-19-17(18-5)20-15(4)9-7-8-14(2)3/h14-16H,6-13H2,1-5H3,(H2,18,19,20). The van der Waals surface area contributed by atoms with Crippen LogP contribution in [-0.4, -0.2) is 50.1 Å². The average Bonchev–Trinajstić information content (AvgIpc) is 2.91. The van der Waals surface area contributed by atoms with Gasteiger partial charge < -0.3 is 15.5 Å². The lowest BCUT2D eigenvalue weighted by molar-refractivity contribution is 0.341. The number of nitrogens with one attached hydrogen (secondary N) is 2. The molecule has 0 aliphatic carbocycles. The molecule has 0 radical (unpaired) electrons. The van der Waals surface area contributed by atoms with Crippen molar-refractivity contribution in [2.75, 3.05) is 33.2 Å². The molecule has 0 spiro atoms. The largest absolute Gasteiger partial charge is 0.356 e. The summed E-state index contributed by atoms with van der Waals surface area (Å²) >= 11 is 0. The summed E-state index contributed by atoms with van der Waals surface area (Å²) in [7, 11) is 1.86. The molecule has 2 unspecified atom stereocenters. The van der Waals surface area contributed by atoms with Gasteiger partial charge in [0.25, 0.3) is 0 Å². The summed E-state index contributed by atoms with van der Waals surface area (Å²) in [6.07, 6.45) is 5.12. The Balaban J connectivity index is 2.19. The van der Waals surface area contributed by atoms with Gasteiger partial charge in [-0.2, -0.15) is 0 Å². The van der Waals surface area contributed by atoms with E-state index in [2.05, 4.69) is 48.2 Å². The predicted molar refractivity (Wildman–Crippen MR) is 92.9 cm³/mol. The number of guanidine groups is 1. The third kappa shape index (κ3) is 7.70. The molecule has 1 aliphatic heterocycles. The van der Waals surface area contributed by atoms with Gasteiger partial charge in [-0.05, 0) is 44.7 Å². The minimum absolute atomic E-state index is 0.491. The molecule has 2 N–H and O–H groups in total. The number of aliphatic imine (C=N–C) groups is 1. The zero-order chi connectivity index (χ0) is 15.7. The molecule has 0 aromatic rings. The van der Waals surface area contributed by atoms with Crippen molar-refractivity contribution in [1.29, 1.82) is 0 Å². The van der Waals surface area contributed by atoms with Gasteiger partial charge in [0, 0.05) is 26.2 Å². The quantitative estimate of drug-likeness (QED) is 0.534. The molecule has 21 heavy (non-hydrogen) atoms. The van der Waals surface area contributed by atoms with Crippen LogP contribution in [0.25, 0.3) is 0 Å². The second-order valence-electron chi connectivity index (χ2n) is 6.87. The molecule has 1 heterocycles. The predicted octanol–water partition coefficient (Wildman–Crippen LogP) is 2.71. The molecule has 0 aromatic carbocycles. The molecule has 0 amide bonds. The van der Waals surface area contributed by atoms with E-state index < -0.39 is 0 Å². The first-order valence-corrected chi connectivity index (χ1v) is 8.74. The highest BCUT2D eigenvalue weighted by atomic mass is 15.2. The van der Waals surface area contributed by atoms with E-state index in [1.165, 1.54) is 45.3 Å². The first kappa shape index (κ1) is 18.3. The molecule has 4 heteroatoms. The second kappa shape index (κ2) is 10.0. The molecule has 4 nitrogen and oxygen atoms in total. The van der Waals surface area contributed by atoms with Crippen LogP contribution in [0.3, 0.4) is 0 Å². The van der Waals surface area contributed by atoms with Crippen LogP contribution < -0.4 is 10.6 Å². The van der Waals surface area contributed by atoms with Gasteiger partial charge in [0.1, 0.15) is 0 Å². The van der Waals surface area contributed by atoms with Crippen molar-refractivity contribution in [3.05, 3.63) is 0 Å². The van der Waals surface area contributed by atoms with Crippen LogP contribution in [0.15, 0.2) is 4.99 Å². The van der Waals surface area contributed by atoms with Crippen LogP contribution in [0.4, 0.5) is 0 Å². The Morgan fingerprint density at radius 1 is 1.29 bits per heavy atom. The van der Waals surface area contributed by atoms with Crippen molar-refractivity contribution in [1.82, 2.24) is 15.5 Å². The number of hydrogen-bond acceptors (Lipinski definition) is 2. The maximum absolute atomic E-state index is 4.35. The van der Waals surface area contributed by atoms with Gasteiger partial charge in [-0.25, -0.2) is 0 Å². The number of nitrogens with zero attached hydrogens (tertiary/aromatic N) is 2. The van der Waals surface area contributed by atoms with Gasteiger partial charge in [-0.3, -0.25) is 4.99 Å². The smallest absolute Gasteiger partial charge is 0.191 e. The van der Waals surface area contributed by atoms with Crippen molar-refractivity contribution < 1.29 is 0 Å². The highest BCUT2D eigenvalue weighted by Gasteiger charge is 2.21. The average molecular weight is 297 g/mol. The lowest BCUT2D eigenvalue weighted by Crippen LogP contribution is -2.44. The first-order valence-electron chi connectivity index (χ1n) is 8.74. The van der Waals surface area contributed by atoms with E-state index in [1.807, 2.05) is 7.05 Å². The molecule has 124 valence electrons. The highest BCUT2D eigenvalue weighted by molar-refractivity contribution is 5.79. The Morgan fingerprint density at radius 2 is 2.05 bits per heavy atom. The molecular weight excluding hydrogens is 260 g/mol. The molecule has 1 fully saturated rings. The van der Waals surface area contributed by atoms with Crippen LogP contribution in [0.1, 0.15) is 53.4 Å². The van der Waals surface area contributed by atoms with Gasteiger partial charge in [0.05, 0.1) is 0 Å². The zero-order valence-electron chi connectivity index (χ0n) is 14.8. The van der Waals surface area contributed by atoms with Crippen LogP contribution in [0.2, 0.25) is 0 Å². The second-order valence-corrected chi connectivity index (χ2v) is 6.87. The number of rotatable bonds is 8. The van der Waals surface area contributed by atoms with Crippen LogP contribution >= 0.6 is 0 Å². The molecule has 2 atom stereocenters. The Labute approximate surface area is 131 Å². The van der Waals surface area contributed by atoms with Gasteiger partial charge in [-0.15, -0.1) is 0 Å². The minimum Gasteiger partial charge on any atom is -0.356 e. The number of hydrogen-bond donors (Lipinski definition) is 2. The fourth-order valence-electron chi connectivity index (χ4n) is 2.94. The summed E-state index contributed by atoms with van der Waals surface area (Å²) in [5, 5.41) is 7.01. The summed E-state index contributed by atoms with van der Waals surface area (Å²) in [5.41, 5.74) is 0. The first-order chi connectivity index (χ1) is 10.0. The van der Waals surface area contributed by atoms with Crippen LogP contribution in [-0.2, 0) is 0 Å². The van der Waals surface area contributed by atoms with E-state index >= 15 is 0 Å². The molecule has 1 rings (SSSR count). The third-order valence-corrected chi connectivity index (χ3v) is 4.40. The fraction of sp³-hybridized carbons (Fsp3) is 0.941. The van der Waals surface area contributed by atoms with Crippen molar-refractivity contribution in [2.24, 2.45) is 16.8 Å². The Bertz CT molecular complexity index is 301. The van der Waals surface area contributed by atoms with Gasteiger partial charge in [-0.1, -0.05) is 33.6 Å². The Kier molecular flexibility index (Phi) is 8.74. The summed E-state index contributed by atoms with van der Waals surface area (Å²) in [6, 6.07) is 0.491. The van der Waals surface area contributed by atoms with E-state index in [4.69, 9.17) is 0 Å². The molecule has 1 aliphatic rings. The van der Waals surface area contributed by atoms with Gasteiger partial charge in [0.2, 0.25) is 0 Å². The molecular formula is C17H36N4. The molecule has 0 bridgehead atoms. The molecule has 1 saturated heterocycles. The van der Waals surface area contributed by atoms with E-state index in [0.29, 0.717) is 6.04 Å².